The van der Waals surface area contributed by atoms with Crippen LogP contribution in [-0.4, -0.2) is 28.1 Å². The molecule has 0 spiro atoms. The molecule has 0 aromatic carbocycles. The summed E-state index contributed by atoms with van der Waals surface area (Å²) in [5.41, 5.74) is -0.460. The van der Waals surface area contributed by atoms with E-state index in [1.54, 1.807) is 0 Å². The Morgan fingerprint density at radius 2 is 2.00 bits per heavy atom. The quantitative estimate of drug-likeness (QED) is 0.893. The Labute approximate surface area is 101 Å². The maximum absolute atomic E-state index is 12.2. The van der Waals surface area contributed by atoms with Crippen LogP contribution >= 0.6 is 11.5 Å². The van der Waals surface area contributed by atoms with Crippen LogP contribution in [0, 0.1) is 0 Å². The van der Waals surface area contributed by atoms with Gasteiger partial charge in [-0.1, -0.05) is 0 Å². The summed E-state index contributed by atoms with van der Waals surface area (Å²) in [6, 6.07) is 0. The van der Waals surface area contributed by atoms with Crippen molar-refractivity contribution in [1.29, 1.82) is 0 Å². The smallest absolute Gasteiger partial charge is 0.374 e. The van der Waals surface area contributed by atoms with Crippen LogP contribution in [0.5, 0.6) is 0 Å². The fourth-order valence-electron chi connectivity index (χ4n) is 1.14. The number of hydrogen-bond acceptors (Lipinski definition) is 5. The summed E-state index contributed by atoms with van der Waals surface area (Å²) in [4.78, 5) is 3.36. The van der Waals surface area contributed by atoms with Gasteiger partial charge in [-0.2, -0.15) is 22.5 Å². The number of anilines is 1. The van der Waals surface area contributed by atoms with Gasteiger partial charge in [-0.15, -0.1) is 0 Å². The van der Waals surface area contributed by atoms with Crippen molar-refractivity contribution < 1.29 is 17.9 Å². The summed E-state index contributed by atoms with van der Waals surface area (Å²) in [5, 5.41) is 2.93. The molecular weight excluding hydrogens is 255 g/mol. The molecule has 4 nitrogen and oxygen atoms in total. The van der Waals surface area contributed by atoms with E-state index in [1.165, 1.54) is 0 Å². The largest absolute Gasteiger partial charge is 0.452 e. The predicted molar refractivity (Wildman–Crippen MR) is 59.1 cm³/mol. The van der Waals surface area contributed by atoms with Gasteiger partial charge in [0.05, 0.1) is 5.60 Å². The number of rotatable bonds is 5. The lowest BCUT2D eigenvalue weighted by Gasteiger charge is -2.24. The van der Waals surface area contributed by atoms with Crippen LogP contribution in [-0.2, 0) is 10.9 Å². The van der Waals surface area contributed by atoms with Crippen molar-refractivity contribution in [1.82, 2.24) is 9.36 Å². The molecule has 0 unspecified atom stereocenters. The van der Waals surface area contributed by atoms with Gasteiger partial charge in [0.2, 0.25) is 11.0 Å². The first kappa shape index (κ1) is 14.2. The van der Waals surface area contributed by atoms with Crippen molar-refractivity contribution in [2.45, 2.75) is 32.5 Å². The van der Waals surface area contributed by atoms with Gasteiger partial charge in [0, 0.05) is 24.7 Å². The molecule has 0 bridgehead atoms. The van der Waals surface area contributed by atoms with Crippen molar-refractivity contribution in [3.8, 4) is 0 Å². The zero-order valence-electron chi connectivity index (χ0n) is 9.76. The molecule has 0 saturated heterocycles. The highest BCUT2D eigenvalue weighted by Gasteiger charge is 2.36. The van der Waals surface area contributed by atoms with Gasteiger partial charge >= 0.3 is 6.18 Å². The minimum Gasteiger partial charge on any atom is -0.374 e. The maximum atomic E-state index is 12.2. The maximum Gasteiger partial charge on any atom is 0.452 e. The molecule has 1 aromatic rings. The van der Waals surface area contributed by atoms with E-state index in [0.29, 0.717) is 24.7 Å². The standard InChI is InChI=1S/C9H14F3N3OS/c1-4-16-8(2,3)5-13-7-14-6(15-17-7)9(10,11)12/h4-5H2,1-3H3,(H,13,14,15). The first-order valence-corrected chi connectivity index (χ1v) is 5.80. The van der Waals surface area contributed by atoms with Gasteiger partial charge in [-0.3, -0.25) is 0 Å². The van der Waals surface area contributed by atoms with Crippen molar-refractivity contribution in [2.24, 2.45) is 0 Å². The molecule has 1 N–H and O–H groups in total. The van der Waals surface area contributed by atoms with Gasteiger partial charge in [0.15, 0.2) is 0 Å². The zero-order chi connectivity index (χ0) is 13.1. The van der Waals surface area contributed by atoms with E-state index in [4.69, 9.17) is 4.74 Å². The molecule has 0 atom stereocenters. The van der Waals surface area contributed by atoms with Crippen molar-refractivity contribution in [3.63, 3.8) is 0 Å². The number of nitrogens with one attached hydrogen (secondary N) is 1. The Balaban J connectivity index is 2.56. The van der Waals surface area contributed by atoms with Crippen LogP contribution in [0.3, 0.4) is 0 Å². The third-order valence-electron chi connectivity index (χ3n) is 1.88. The van der Waals surface area contributed by atoms with Gasteiger partial charge in [0.1, 0.15) is 0 Å². The number of ether oxygens (including phenoxy) is 1. The Bertz CT molecular complexity index is 365. The Hall–Kier alpha value is -0.890. The van der Waals surface area contributed by atoms with E-state index < -0.39 is 17.6 Å². The molecule has 0 amide bonds. The minimum absolute atomic E-state index is 0.144. The minimum atomic E-state index is -4.49. The summed E-state index contributed by atoms with van der Waals surface area (Å²) in [5.74, 6) is -1.11. The van der Waals surface area contributed by atoms with E-state index in [1.807, 2.05) is 20.8 Å². The molecule has 0 aliphatic heterocycles. The Morgan fingerprint density at radius 1 is 1.35 bits per heavy atom. The van der Waals surface area contributed by atoms with Gasteiger partial charge in [-0.05, 0) is 20.8 Å². The van der Waals surface area contributed by atoms with Gasteiger partial charge in [0.25, 0.3) is 0 Å². The second-order valence-corrected chi connectivity index (χ2v) is 4.72. The average Bonchev–Trinajstić information content (AvgIpc) is 2.62. The number of halogens is 3. The zero-order valence-corrected chi connectivity index (χ0v) is 10.6. The van der Waals surface area contributed by atoms with Crippen LogP contribution in [0.25, 0.3) is 0 Å². The Kier molecular flexibility index (Phi) is 4.31. The second kappa shape index (κ2) is 5.18. The molecule has 0 aliphatic rings. The van der Waals surface area contributed by atoms with Crippen LogP contribution in [0.15, 0.2) is 0 Å². The normalized spacial score (nSPS) is 12.8. The SMILES string of the molecule is CCOC(C)(C)CNc1nc(C(F)(F)F)ns1. The van der Waals surface area contributed by atoms with Crippen LogP contribution in [0.2, 0.25) is 0 Å². The molecular formula is C9H14F3N3OS. The molecule has 8 heteroatoms. The average molecular weight is 269 g/mol. The number of alkyl halides is 3. The lowest BCUT2D eigenvalue weighted by molar-refractivity contribution is -0.144. The predicted octanol–water partition coefficient (Wildman–Crippen LogP) is 2.78. The van der Waals surface area contributed by atoms with E-state index >= 15 is 0 Å². The fraction of sp³-hybridized carbons (Fsp3) is 0.778. The molecule has 98 valence electrons. The lowest BCUT2D eigenvalue weighted by atomic mass is 10.1. The van der Waals surface area contributed by atoms with Crippen molar-refractivity contribution >= 4 is 16.7 Å². The van der Waals surface area contributed by atoms with Gasteiger partial charge < -0.3 is 10.1 Å². The topological polar surface area (TPSA) is 47.0 Å². The summed E-state index contributed by atoms with van der Waals surface area (Å²) in [7, 11) is 0. The molecule has 0 aliphatic carbocycles. The Morgan fingerprint density at radius 3 is 2.47 bits per heavy atom. The fourth-order valence-corrected chi connectivity index (χ4v) is 1.72. The summed E-state index contributed by atoms with van der Waals surface area (Å²) in [6.07, 6.45) is -4.49. The van der Waals surface area contributed by atoms with E-state index in [0.717, 1.165) is 0 Å². The van der Waals surface area contributed by atoms with E-state index in [2.05, 4.69) is 14.7 Å². The monoisotopic (exact) mass is 269 g/mol. The summed E-state index contributed by atoms with van der Waals surface area (Å²) >= 11 is 0.687. The molecule has 0 radical (unpaired) electrons. The second-order valence-electron chi connectivity index (χ2n) is 3.97. The highest BCUT2D eigenvalue weighted by atomic mass is 32.1. The molecule has 1 aromatic heterocycles. The van der Waals surface area contributed by atoms with Crippen molar-refractivity contribution in [3.05, 3.63) is 5.82 Å². The summed E-state index contributed by atoms with van der Waals surface area (Å²) in [6.45, 7) is 6.45. The number of nitrogens with zero attached hydrogens (tertiary/aromatic N) is 2. The number of hydrogen-bond donors (Lipinski definition) is 1. The third-order valence-corrected chi connectivity index (χ3v) is 2.55. The first-order valence-electron chi connectivity index (χ1n) is 5.03. The highest BCUT2D eigenvalue weighted by molar-refractivity contribution is 7.09. The van der Waals surface area contributed by atoms with E-state index in [9.17, 15) is 13.2 Å². The van der Waals surface area contributed by atoms with Crippen LogP contribution in [0.4, 0.5) is 18.3 Å². The molecule has 1 heterocycles. The lowest BCUT2D eigenvalue weighted by Crippen LogP contribution is -2.33. The van der Waals surface area contributed by atoms with Gasteiger partial charge in [-0.25, -0.2) is 0 Å². The van der Waals surface area contributed by atoms with Crippen LogP contribution in [0.1, 0.15) is 26.6 Å². The number of aromatic nitrogens is 2. The summed E-state index contributed by atoms with van der Waals surface area (Å²) < 4.78 is 45.3. The van der Waals surface area contributed by atoms with Crippen molar-refractivity contribution in [2.75, 3.05) is 18.5 Å². The third kappa shape index (κ3) is 4.47. The van der Waals surface area contributed by atoms with Crippen LogP contribution < -0.4 is 5.32 Å². The molecule has 0 saturated carbocycles. The first-order chi connectivity index (χ1) is 7.74. The van der Waals surface area contributed by atoms with E-state index in [-0.39, 0.29) is 5.13 Å². The molecule has 17 heavy (non-hydrogen) atoms. The highest BCUT2D eigenvalue weighted by Crippen LogP contribution is 2.29. The molecule has 1 rings (SSSR count). The molecule has 0 fully saturated rings.